The van der Waals surface area contributed by atoms with Crippen LogP contribution in [0.5, 0.6) is 0 Å². The summed E-state index contributed by atoms with van der Waals surface area (Å²) in [5.41, 5.74) is 1.23. The minimum atomic E-state index is -1.24. The van der Waals surface area contributed by atoms with Crippen LogP contribution in [0.1, 0.15) is 54.4 Å². The van der Waals surface area contributed by atoms with Gasteiger partial charge in [0.25, 0.3) is 11.8 Å². The first kappa shape index (κ1) is 32.7. The Morgan fingerprint density at radius 2 is 1.62 bits per heavy atom. The van der Waals surface area contributed by atoms with Gasteiger partial charge in [-0.1, -0.05) is 57.3 Å². The molecule has 3 amide bonds. The summed E-state index contributed by atoms with van der Waals surface area (Å²) in [5, 5.41) is 11.2. The lowest BCUT2D eigenvalue weighted by molar-refractivity contribution is -0.125. The van der Waals surface area contributed by atoms with Gasteiger partial charge in [0.05, 0.1) is 29.3 Å². The molecule has 2 N–H and O–H groups in total. The predicted molar refractivity (Wildman–Crippen MR) is 192 cm³/mol. The third kappa shape index (κ3) is 5.59. The van der Waals surface area contributed by atoms with Crippen molar-refractivity contribution in [1.82, 2.24) is 34.9 Å². The molecule has 0 radical (unpaired) electrons. The van der Waals surface area contributed by atoms with Gasteiger partial charge in [0.15, 0.2) is 0 Å². The fraction of sp³-hybridized carbons (Fsp3) is 0.278. The number of pyridine rings is 1. The number of carbonyl (C=O) groups is 3. The van der Waals surface area contributed by atoms with Crippen LogP contribution in [0.25, 0.3) is 11.1 Å². The Labute approximate surface area is 306 Å². The highest BCUT2D eigenvalue weighted by Gasteiger charge is 2.57. The molecule has 14 heteroatoms. The van der Waals surface area contributed by atoms with E-state index in [0.717, 1.165) is 39.7 Å². The monoisotopic (exact) mass is 772 g/mol. The number of nitrogens with zero attached hydrogens (tertiary/aromatic N) is 6. The first-order chi connectivity index (χ1) is 23.9. The van der Waals surface area contributed by atoms with Crippen LogP contribution in [0.4, 0.5) is 11.6 Å². The molecule has 1 atom stereocenters. The van der Waals surface area contributed by atoms with E-state index in [1.54, 1.807) is 46.8 Å². The summed E-state index contributed by atoms with van der Waals surface area (Å²) in [7, 11) is 1.86. The number of amides is 3. The number of fused-ring (bicyclic) bond motifs is 1. The number of nitrogens with one attached hydrogen (secondary N) is 2. The van der Waals surface area contributed by atoms with Crippen molar-refractivity contribution < 1.29 is 14.4 Å². The zero-order valence-corrected chi connectivity index (χ0v) is 30.2. The highest BCUT2D eigenvalue weighted by Crippen LogP contribution is 2.48. The maximum atomic E-state index is 14.4. The molecule has 8 rings (SSSR count). The molecule has 0 bridgehead atoms. The molecule has 3 aliphatic rings. The first-order valence-electron chi connectivity index (χ1n) is 16.1. The zero-order chi connectivity index (χ0) is 35.0. The van der Waals surface area contributed by atoms with E-state index in [2.05, 4.69) is 36.6 Å². The number of imidazole rings is 1. The molecule has 50 heavy (non-hydrogen) atoms. The van der Waals surface area contributed by atoms with Crippen molar-refractivity contribution >= 4 is 68.5 Å². The lowest BCUT2D eigenvalue weighted by Crippen LogP contribution is -2.52. The summed E-state index contributed by atoms with van der Waals surface area (Å²) in [6.07, 6.45) is 9.68. The smallest absolute Gasteiger partial charge is 0.270 e. The summed E-state index contributed by atoms with van der Waals surface area (Å²) in [6.45, 7) is 1.79. The SMILES string of the molecule is Cn1cc(-c2ccc(C3(NC(=O)C4(NC(=O)c5cnc6n5[C@](C)(Cc5ccc(Br)cc5)C(=O)N6c5cc(Cl)cc(Cl)c5)CC4)CC3)nc2)cn1. The van der Waals surface area contributed by atoms with Gasteiger partial charge in [-0.3, -0.25) is 28.6 Å². The van der Waals surface area contributed by atoms with Gasteiger partial charge in [0, 0.05) is 51.5 Å². The van der Waals surface area contributed by atoms with Gasteiger partial charge < -0.3 is 10.6 Å². The molecule has 11 nitrogen and oxygen atoms in total. The van der Waals surface area contributed by atoms with Crippen molar-refractivity contribution in [2.45, 2.75) is 55.6 Å². The highest BCUT2D eigenvalue weighted by atomic mass is 79.9. The maximum Gasteiger partial charge on any atom is 0.270 e. The Morgan fingerprint density at radius 1 is 0.900 bits per heavy atom. The average molecular weight is 775 g/mol. The second-order valence-electron chi connectivity index (χ2n) is 13.5. The number of rotatable bonds is 9. The van der Waals surface area contributed by atoms with Crippen molar-refractivity contribution in [1.29, 1.82) is 0 Å². The molecule has 254 valence electrons. The first-order valence-corrected chi connectivity index (χ1v) is 17.7. The van der Waals surface area contributed by atoms with E-state index >= 15 is 0 Å². The van der Waals surface area contributed by atoms with Crippen LogP contribution in [0.3, 0.4) is 0 Å². The van der Waals surface area contributed by atoms with Crippen molar-refractivity contribution in [3.8, 4) is 11.1 Å². The zero-order valence-electron chi connectivity index (χ0n) is 27.1. The molecule has 1 aliphatic heterocycles. The quantitative estimate of drug-likeness (QED) is 0.177. The van der Waals surface area contributed by atoms with Crippen LogP contribution in [0, 0.1) is 0 Å². The highest BCUT2D eigenvalue weighted by molar-refractivity contribution is 9.10. The third-order valence-electron chi connectivity index (χ3n) is 9.83. The van der Waals surface area contributed by atoms with Crippen LogP contribution in [-0.2, 0) is 34.1 Å². The number of anilines is 2. The number of aromatic nitrogens is 5. The number of hydrogen-bond acceptors (Lipinski definition) is 6. The summed E-state index contributed by atoms with van der Waals surface area (Å²) in [4.78, 5) is 53.1. The molecule has 2 aliphatic carbocycles. The third-order valence-corrected chi connectivity index (χ3v) is 10.8. The van der Waals surface area contributed by atoms with Crippen LogP contribution < -0.4 is 15.5 Å². The lowest BCUT2D eigenvalue weighted by Gasteiger charge is -2.27. The molecule has 5 aromatic rings. The minimum absolute atomic E-state index is 0.163. The standard InChI is InChI=1S/C36H31BrCl2N8O3/c1-34(16-21-3-6-24(37)7-4-21)32(50)46(27-14-25(38)13-26(39)15-27)33-41-19-28(47(33)34)30(48)43-36(11-12-36)31(49)44-35(9-10-35)29-8-5-22(17-40-29)23-18-42-45(2)20-23/h3-8,13-15,17-20H,9-12,16H2,1-2H3,(H,43,48)(H,44,49)/t34-/m1/s1. The van der Waals surface area contributed by atoms with Crippen LogP contribution >= 0.6 is 39.1 Å². The molecule has 2 fully saturated rings. The summed E-state index contributed by atoms with van der Waals surface area (Å²) in [6, 6.07) is 16.4. The lowest BCUT2D eigenvalue weighted by atomic mass is 9.91. The van der Waals surface area contributed by atoms with Crippen molar-refractivity contribution in [2.75, 3.05) is 4.90 Å². The fourth-order valence-corrected chi connectivity index (χ4v) is 7.55. The predicted octanol–water partition coefficient (Wildman–Crippen LogP) is 6.45. The molecular formula is C36H31BrCl2N8O3. The van der Waals surface area contributed by atoms with Gasteiger partial charge in [-0.25, -0.2) is 9.88 Å². The van der Waals surface area contributed by atoms with Gasteiger partial charge in [-0.2, -0.15) is 5.10 Å². The Kier molecular flexibility index (Phi) is 7.70. The largest absolute Gasteiger partial charge is 0.343 e. The topological polar surface area (TPSA) is 127 Å². The van der Waals surface area contributed by atoms with Gasteiger partial charge >= 0.3 is 0 Å². The van der Waals surface area contributed by atoms with E-state index in [9.17, 15) is 14.4 Å². The fourth-order valence-electron chi connectivity index (χ4n) is 6.77. The van der Waals surface area contributed by atoms with E-state index in [4.69, 9.17) is 28.2 Å². The molecule has 2 aromatic carbocycles. The molecule has 0 spiro atoms. The van der Waals surface area contributed by atoms with Gasteiger partial charge in [0.2, 0.25) is 11.9 Å². The van der Waals surface area contributed by atoms with E-state index in [1.807, 2.05) is 49.6 Å². The number of aryl methyl sites for hydroxylation is 1. The van der Waals surface area contributed by atoms with Crippen LogP contribution in [-0.4, -0.2) is 47.6 Å². The summed E-state index contributed by atoms with van der Waals surface area (Å²) >= 11 is 16.2. The van der Waals surface area contributed by atoms with Gasteiger partial charge in [-0.05, 0) is 74.6 Å². The maximum absolute atomic E-state index is 14.4. The minimum Gasteiger partial charge on any atom is -0.343 e. The molecule has 3 aromatic heterocycles. The van der Waals surface area contributed by atoms with E-state index in [-0.39, 0.29) is 29.9 Å². The Hall–Kier alpha value is -4.52. The Morgan fingerprint density at radius 3 is 2.22 bits per heavy atom. The normalized spacial score (nSPS) is 19.6. The molecule has 4 heterocycles. The van der Waals surface area contributed by atoms with Gasteiger partial charge in [-0.15, -0.1) is 0 Å². The number of halogens is 3. The number of benzene rings is 2. The second kappa shape index (κ2) is 11.8. The molecular weight excluding hydrogens is 743 g/mol. The molecule has 0 unspecified atom stereocenters. The second-order valence-corrected chi connectivity index (χ2v) is 15.3. The van der Waals surface area contributed by atoms with Crippen LogP contribution in [0.2, 0.25) is 10.0 Å². The molecule has 0 saturated heterocycles. The summed E-state index contributed by atoms with van der Waals surface area (Å²) in [5.74, 6) is -0.801. The van der Waals surface area contributed by atoms with Crippen molar-refractivity contribution in [3.63, 3.8) is 0 Å². The number of hydrogen-bond donors (Lipinski definition) is 2. The summed E-state index contributed by atoms with van der Waals surface area (Å²) < 4.78 is 4.30. The molecule has 2 saturated carbocycles. The van der Waals surface area contributed by atoms with E-state index in [0.29, 0.717) is 28.6 Å². The Balaban J connectivity index is 1.07. The average Bonchev–Trinajstić information content (AvgIpc) is 3.93. The Bertz CT molecular complexity index is 2170. The van der Waals surface area contributed by atoms with Crippen molar-refractivity contribution in [3.05, 3.63) is 111 Å². The van der Waals surface area contributed by atoms with Crippen LogP contribution in [0.15, 0.2) is 83.9 Å². The van der Waals surface area contributed by atoms with E-state index in [1.165, 1.54) is 11.1 Å². The number of carbonyl (C=O) groups excluding carboxylic acids is 3. The van der Waals surface area contributed by atoms with Crippen molar-refractivity contribution in [2.24, 2.45) is 7.05 Å². The van der Waals surface area contributed by atoms with Gasteiger partial charge in [0.1, 0.15) is 16.8 Å². The van der Waals surface area contributed by atoms with E-state index < -0.39 is 22.5 Å².